The highest BCUT2D eigenvalue weighted by atomic mass is 32.2. The van der Waals surface area contributed by atoms with Crippen LogP contribution < -0.4 is 5.32 Å². The van der Waals surface area contributed by atoms with Crippen molar-refractivity contribution in [3.63, 3.8) is 0 Å². The summed E-state index contributed by atoms with van der Waals surface area (Å²) in [5.74, 6) is 1.24. The molecule has 0 unspecified atom stereocenters. The molecule has 1 aliphatic heterocycles. The minimum absolute atomic E-state index is 0.0169. The average molecular weight is 373 g/mol. The number of nitrogens with zero attached hydrogens (tertiary/aromatic N) is 2. The predicted octanol–water partition coefficient (Wildman–Crippen LogP) is 2.94. The van der Waals surface area contributed by atoms with Gasteiger partial charge in [0.05, 0.1) is 17.8 Å². The Balaban J connectivity index is 1.62. The zero-order valence-corrected chi connectivity index (χ0v) is 15.9. The molecule has 3 rings (SSSR count). The van der Waals surface area contributed by atoms with Gasteiger partial charge in [-0.15, -0.1) is 11.8 Å². The van der Waals surface area contributed by atoms with Crippen molar-refractivity contribution in [2.45, 2.75) is 37.3 Å². The molecule has 1 aliphatic rings. The third-order valence-electron chi connectivity index (χ3n) is 4.54. The second-order valence-corrected chi connectivity index (χ2v) is 7.38. The van der Waals surface area contributed by atoms with Crippen LogP contribution in [0.5, 0.6) is 0 Å². The summed E-state index contributed by atoms with van der Waals surface area (Å²) in [4.78, 5) is 27.3. The van der Waals surface area contributed by atoms with Crippen molar-refractivity contribution in [1.82, 2.24) is 15.4 Å². The molecular weight excluding hydrogens is 350 g/mol. The Morgan fingerprint density at radius 2 is 1.96 bits per heavy atom. The Kier molecular flexibility index (Phi) is 5.98. The van der Waals surface area contributed by atoms with E-state index in [0.717, 1.165) is 47.8 Å². The van der Waals surface area contributed by atoms with Crippen LogP contribution >= 0.6 is 11.8 Å². The van der Waals surface area contributed by atoms with Gasteiger partial charge in [-0.05, 0) is 38.8 Å². The number of carbonyl (C=O) groups is 2. The summed E-state index contributed by atoms with van der Waals surface area (Å²) in [6, 6.07) is 7.43. The molecule has 1 aromatic carbocycles. The number of benzene rings is 1. The van der Waals surface area contributed by atoms with E-state index in [1.54, 1.807) is 22.7 Å². The minimum Gasteiger partial charge on any atom is -0.361 e. The number of hydrogen-bond donors (Lipinski definition) is 1. The number of hydrogen-bond acceptors (Lipinski definition) is 5. The maximum atomic E-state index is 12.6. The molecule has 1 aromatic heterocycles. The van der Waals surface area contributed by atoms with Crippen LogP contribution in [0, 0.1) is 13.8 Å². The molecule has 26 heavy (non-hydrogen) atoms. The molecule has 1 saturated heterocycles. The number of carbonyl (C=O) groups excluding carboxylic acids is 2. The number of likely N-dealkylation sites (tertiary alicyclic amines) is 1. The standard InChI is InChI=1S/C19H23N3O3S/c1-13-16(14(2)25-21-13)12-26-17-8-4-3-7-15(17)19(24)20-11-18(23)22-9-5-6-10-22/h3-4,7-8H,5-6,9-12H2,1-2H3,(H,20,24). The lowest BCUT2D eigenvalue weighted by Crippen LogP contribution is -2.38. The van der Waals surface area contributed by atoms with Gasteiger partial charge in [0.15, 0.2) is 0 Å². The summed E-state index contributed by atoms with van der Waals surface area (Å²) in [5.41, 5.74) is 2.50. The Morgan fingerprint density at radius 3 is 2.65 bits per heavy atom. The number of nitrogens with one attached hydrogen (secondary N) is 1. The van der Waals surface area contributed by atoms with Crippen molar-refractivity contribution in [1.29, 1.82) is 0 Å². The van der Waals surface area contributed by atoms with E-state index in [0.29, 0.717) is 11.3 Å². The monoisotopic (exact) mass is 373 g/mol. The van der Waals surface area contributed by atoms with Gasteiger partial charge in [-0.3, -0.25) is 9.59 Å². The first kappa shape index (κ1) is 18.5. The number of amides is 2. The largest absolute Gasteiger partial charge is 0.361 e. The highest BCUT2D eigenvalue weighted by molar-refractivity contribution is 7.98. The first-order chi connectivity index (χ1) is 12.6. The van der Waals surface area contributed by atoms with Gasteiger partial charge in [0.1, 0.15) is 5.76 Å². The summed E-state index contributed by atoms with van der Waals surface area (Å²) in [7, 11) is 0. The van der Waals surface area contributed by atoms with E-state index in [9.17, 15) is 9.59 Å². The summed E-state index contributed by atoms with van der Waals surface area (Å²) in [6.07, 6.45) is 2.09. The molecule has 0 aliphatic carbocycles. The zero-order valence-electron chi connectivity index (χ0n) is 15.1. The Bertz CT molecular complexity index is 778. The van der Waals surface area contributed by atoms with Gasteiger partial charge in [-0.25, -0.2) is 0 Å². The SMILES string of the molecule is Cc1noc(C)c1CSc1ccccc1C(=O)NCC(=O)N1CCCC1. The number of rotatable bonds is 6. The Hall–Kier alpha value is -2.28. The molecule has 1 N–H and O–H groups in total. The van der Waals surface area contributed by atoms with Crippen molar-refractivity contribution < 1.29 is 14.1 Å². The lowest BCUT2D eigenvalue weighted by atomic mass is 10.2. The first-order valence-electron chi connectivity index (χ1n) is 8.76. The third kappa shape index (κ3) is 4.27. The molecule has 2 aromatic rings. The van der Waals surface area contributed by atoms with Crippen LogP contribution in [0.2, 0.25) is 0 Å². The fourth-order valence-electron chi connectivity index (χ4n) is 2.97. The van der Waals surface area contributed by atoms with Crippen molar-refractivity contribution in [3.8, 4) is 0 Å². The number of aromatic nitrogens is 1. The molecule has 7 heteroatoms. The van der Waals surface area contributed by atoms with Gasteiger partial charge in [0.2, 0.25) is 5.91 Å². The van der Waals surface area contributed by atoms with Gasteiger partial charge in [-0.1, -0.05) is 17.3 Å². The van der Waals surface area contributed by atoms with E-state index in [1.165, 1.54) is 0 Å². The fraction of sp³-hybridized carbons (Fsp3) is 0.421. The highest BCUT2D eigenvalue weighted by Gasteiger charge is 2.19. The van der Waals surface area contributed by atoms with E-state index in [2.05, 4.69) is 10.5 Å². The third-order valence-corrected chi connectivity index (χ3v) is 5.64. The van der Waals surface area contributed by atoms with Crippen LogP contribution in [0.3, 0.4) is 0 Å². The normalized spacial score (nSPS) is 13.8. The van der Waals surface area contributed by atoms with Gasteiger partial charge in [0.25, 0.3) is 5.91 Å². The Morgan fingerprint density at radius 1 is 1.23 bits per heavy atom. The van der Waals surface area contributed by atoms with E-state index in [-0.39, 0.29) is 18.4 Å². The van der Waals surface area contributed by atoms with Crippen LogP contribution in [-0.2, 0) is 10.5 Å². The van der Waals surface area contributed by atoms with Crippen LogP contribution in [0.15, 0.2) is 33.7 Å². The lowest BCUT2D eigenvalue weighted by Gasteiger charge is -2.16. The minimum atomic E-state index is -0.223. The predicted molar refractivity (Wildman–Crippen MR) is 100 cm³/mol. The first-order valence-corrected chi connectivity index (χ1v) is 9.74. The van der Waals surface area contributed by atoms with Crippen molar-refractivity contribution in [2.75, 3.05) is 19.6 Å². The molecule has 2 heterocycles. The molecule has 138 valence electrons. The van der Waals surface area contributed by atoms with Gasteiger partial charge >= 0.3 is 0 Å². The van der Waals surface area contributed by atoms with Crippen molar-refractivity contribution >= 4 is 23.6 Å². The van der Waals surface area contributed by atoms with E-state index in [1.807, 2.05) is 32.0 Å². The van der Waals surface area contributed by atoms with Crippen LogP contribution in [0.4, 0.5) is 0 Å². The summed E-state index contributed by atoms with van der Waals surface area (Å²) in [6.45, 7) is 5.42. The second kappa shape index (κ2) is 8.40. The van der Waals surface area contributed by atoms with Crippen molar-refractivity contribution in [2.24, 2.45) is 0 Å². The van der Waals surface area contributed by atoms with Crippen LogP contribution in [0.1, 0.15) is 40.2 Å². The number of aryl methyl sites for hydroxylation is 2. The van der Waals surface area contributed by atoms with Gasteiger partial charge in [0, 0.05) is 29.3 Å². The molecule has 1 fully saturated rings. The fourth-order valence-corrected chi connectivity index (χ4v) is 4.17. The van der Waals surface area contributed by atoms with Crippen molar-refractivity contribution in [3.05, 3.63) is 46.8 Å². The van der Waals surface area contributed by atoms with E-state index < -0.39 is 0 Å². The molecule has 0 saturated carbocycles. The molecule has 6 nitrogen and oxygen atoms in total. The quantitative estimate of drug-likeness (QED) is 0.788. The topological polar surface area (TPSA) is 75.4 Å². The average Bonchev–Trinajstić information content (AvgIpc) is 3.29. The smallest absolute Gasteiger partial charge is 0.252 e. The molecule has 0 atom stereocenters. The second-order valence-electron chi connectivity index (χ2n) is 6.36. The maximum absolute atomic E-state index is 12.6. The Labute approximate surface area is 157 Å². The lowest BCUT2D eigenvalue weighted by molar-refractivity contribution is -0.129. The van der Waals surface area contributed by atoms with Crippen LogP contribution in [0.25, 0.3) is 0 Å². The molecule has 0 radical (unpaired) electrons. The van der Waals surface area contributed by atoms with E-state index >= 15 is 0 Å². The molecule has 2 amide bonds. The molecular formula is C19H23N3O3S. The zero-order chi connectivity index (χ0) is 18.5. The van der Waals surface area contributed by atoms with Gasteiger partial charge < -0.3 is 14.7 Å². The summed E-state index contributed by atoms with van der Waals surface area (Å²) < 4.78 is 5.19. The number of thioether (sulfide) groups is 1. The molecule has 0 spiro atoms. The molecule has 0 bridgehead atoms. The highest BCUT2D eigenvalue weighted by Crippen LogP contribution is 2.28. The maximum Gasteiger partial charge on any atom is 0.252 e. The van der Waals surface area contributed by atoms with Gasteiger partial charge in [-0.2, -0.15) is 0 Å². The summed E-state index contributed by atoms with van der Waals surface area (Å²) in [5, 5.41) is 6.72. The summed E-state index contributed by atoms with van der Waals surface area (Å²) >= 11 is 1.56. The van der Waals surface area contributed by atoms with E-state index in [4.69, 9.17) is 4.52 Å². The van der Waals surface area contributed by atoms with Crippen LogP contribution in [-0.4, -0.2) is 41.5 Å².